The van der Waals surface area contributed by atoms with Crippen LogP contribution < -0.4 is 5.32 Å². The molecule has 0 aromatic carbocycles. The minimum atomic E-state index is -3.79. The number of hydrogen-bond acceptors (Lipinski definition) is 8. The molecular formula is C15H17ClN4O5S2. The summed E-state index contributed by atoms with van der Waals surface area (Å²) in [6.45, 7) is 0.900. The number of hydrogen-bond donors (Lipinski definition) is 1. The summed E-state index contributed by atoms with van der Waals surface area (Å²) >= 11 is 6.82. The lowest BCUT2D eigenvalue weighted by Gasteiger charge is -2.21. The second-order valence-electron chi connectivity index (χ2n) is 6.27. The third-order valence-corrected chi connectivity index (χ3v) is 8.10. The van der Waals surface area contributed by atoms with Crippen LogP contribution in [0.4, 0.5) is 6.01 Å². The first-order valence-corrected chi connectivity index (χ1v) is 11.1. The number of nitrogens with zero attached hydrogens (tertiary/aromatic N) is 3. The highest BCUT2D eigenvalue weighted by Gasteiger charge is 2.40. The van der Waals surface area contributed by atoms with Gasteiger partial charge in [0.25, 0.3) is 10.0 Å². The maximum Gasteiger partial charge on any atom is 0.322 e. The van der Waals surface area contributed by atoms with E-state index in [2.05, 4.69) is 15.5 Å². The Balaban J connectivity index is 1.48. The summed E-state index contributed by atoms with van der Waals surface area (Å²) in [6.07, 6.45) is 2.44. The number of carbonyl (C=O) groups excluding carboxylic acids is 1. The van der Waals surface area contributed by atoms with E-state index in [4.69, 9.17) is 20.8 Å². The number of carbonyl (C=O) groups is 1. The van der Waals surface area contributed by atoms with Crippen LogP contribution in [-0.4, -0.2) is 48.0 Å². The Morgan fingerprint density at radius 1 is 1.30 bits per heavy atom. The maximum atomic E-state index is 12.8. The van der Waals surface area contributed by atoms with Crippen LogP contribution >= 0.6 is 22.9 Å². The fourth-order valence-electron chi connectivity index (χ4n) is 3.22. The lowest BCUT2D eigenvalue weighted by atomic mass is 10.2. The molecule has 2 atom stereocenters. The zero-order chi connectivity index (χ0) is 19.0. The van der Waals surface area contributed by atoms with Crippen molar-refractivity contribution in [2.45, 2.75) is 42.0 Å². The fraction of sp³-hybridized carbons (Fsp3) is 0.533. The summed E-state index contributed by atoms with van der Waals surface area (Å²) in [4.78, 5) is 12.6. The number of amides is 1. The van der Waals surface area contributed by atoms with Gasteiger partial charge in [0.05, 0.1) is 4.34 Å². The molecule has 2 aliphatic rings. The van der Waals surface area contributed by atoms with E-state index >= 15 is 0 Å². The van der Waals surface area contributed by atoms with E-state index in [1.54, 1.807) is 0 Å². The molecule has 2 aromatic heterocycles. The topological polar surface area (TPSA) is 115 Å². The van der Waals surface area contributed by atoms with Crippen molar-refractivity contribution >= 4 is 44.9 Å². The number of rotatable bonds is 5. The van der Waals surface area contributed by atoms with Gasteiger partial charge in [-0.05, 0) is 37.8 Å². The number of halogens is 1. The SMILES string of the molecule is O=C(Nc1nnc(C2CCCO2)o1)C1CCCN1S(=O)(=O)c1ccc(Cl)s1. The Hall–Kier alpha value is -1.53. The monoisotopic (exact) mass is 432 g/mol. The van der Waals surface area contributed by atoms with E-state index in [9.17, 15) is 13.2 Å². The van der Waals surface area contributed by atoms with Crippen molar-refractivity contribution in [3.05, 3.63) is 22.4 Å². The molecule has 0 aliphatic carbocycles. The molecule has 9 nitrogen and oxygen atoms in total. The normalized spacial score (nSPS) is 23.7. The molecule has 0 bridgehead atoms. The highest BCUT2D eigenvalue weighted by atomic mass is 35.5. The van der Waals surface area contributed by atoms with Gasteiger partial charge in [-0.25, -0.2) is 8.42 Å². The molecule has 2 unspecified atom stereocenters. The van der Waals surface area contributed by atoms with Crippen LogP contribution in [0, 0.1) is 0 Å². The average molecular weight is 433 g/mol. The van der Waals surface area contributed by atoms with Crippen molar-refractivity contribution in [1.82, 2.24) is 14.5 Å². The van der Waals surface area contributed by atoms with E-state index in [-0.39, 0.29) is 22.9 Å². The predicted octanol–water partition coefficient (Wildman–Crippen LogP) is 2.43. The second kappa shape index (κ2) is 7.47. The standard InChI is InChI=1S/C15H17ClN4O5S2/c16-11-5-6-12(26-11)27(22,23)20-7-1-3-9(20)13(21)17-15-19-18-14(25-15)10-4-2-8-24-10/h5-6,9-10H,1-4,7-8H2,(H,17,19,21). The van der Waals surface area contributed by atoms with Gasteiger partial charge in [0.2, 0.25) is 11.8 Å². The quantitative estimate of drug-likeness (QED) is 0.771. The average Bonchev–Trinajstić information content (AvgIpc) is 3.40. The first-order valence-electron chi connectivity index (χ1n) is 8.48. The molecule has 1 amide bonds. The maximum absolute atomic E-state index is 12.8. The van der Waals surface area contributed by atoms with E-state index < -0.39 is 22.0 Å². The summed E-state index contributed by atoms with van der Waals surface area (Å²) < 4.78 is 38.2. The number of anilines is 1. The van der Waals surface area contributed by atoms with Crippen molar-refractivity contribution in [3.8, 4) is 0 Å². The summed E-state index contributed by atoms with van der Waals surface area (Å²) in [5.74, 6) is -0.187. The molecule has 2 saturated heterocycles. The molecule has 12 heteroatoms. The first kappa shape index (κ1) is 18.8. The zero-order valence-corrected chi connectivity index (χ0v) is 16.5. The smallest absolute Gasteiger partial charge is 0.322 e. The predicted molar refractivity (Wildman–Crippen MR) is 97.1 cm³/mol. The van der Waals surface area contributed by atoms with Gasteiger partial charge in [-0.3, -0.25) is 10.1 Å². The largest absolute Gasteiger partial charge is 0.405 e. The Kier molecular flexibility index (Phi) is 5.21. The second-order valence-corrected chi connectivity index (χ2v) is 10.1. The molecule has 1 N–H and O–H groups in total. The van der Waals surface area contributed by atoms with Gasteiger partial charge in [0.15, 0.2) is 0 Å². The highest BCUT2D eigenvalue weighted by molar-refractivity contribution is 7.91. The van der Waals surface area contributed by atoms with E-state index in [0.29, 0.717) is 29.7 Å². The summed E-state index contributed by atoms with van der Waals surface area (Å²) in [5.41, 5.74) is 0. The van der Waals surface area contributed by atoms with Crippen LogP contribution in [0.1, 0.15) is 37.7 Å². The van der Waals surface area contributed by atoms with Gasteiger partial charge in [-0.1, -0.05) is 16.7 Å². The van der Waals surface area contributed by atoms with Crippen molar-refractivity contribution in [3.63, 3.8) is 0 Å². The van der Waals surface area contributed by atoms with E-state index in [1.807, 2.05) is 0 Å². The molecule has 2 fully saturated rings. The van der Waals surface area contributed by atoms with Gasteiger partial charge in [0, 0.05) is 13.2 Å². The molecule has 2 aliphatic heterocycles. The number of nitrogens with one attached hydrogen (secondary N) is 1. The number of thiophene rings is 1. The van der Waals surface area contributed by atoms with Crippen molar-refractivity contribution < 1.29 is 22.4 Å². The molecule has 27 heavy (non-hydrogen) atoms. The third kappa shape index (κ3) is 3.74. The van der Waals surface area contributed by atoms with Crippen LogP contribution in [0.3, 0.4) is 0 Å². The summed E-state index contributed by atoms with van der Waals surface area (Å²) in [6, 6.07) is 2.07. The van der Waals surface area contributed by atoms with Gasteiger partial charge in [0.1, 0.15) is 16.4 Å². The summed E-state index contributed by atoms with van der Waals surface area (Å²) in [7, 11) is -3.79. The van der Waals surface area contributed by atoms with Crippen molar-refractivity contribution in [2.24, 2.45) is 0 Å². The van der Waals surface area contributed by atoms with Crippen molar-refractivity contribution in [2.75, 3.05) is 18.5 Å². The number of sulfonamides is 1. The Labute approximate surface area is 164 Å². The molecule has 4 heterocycles. The van der Waals surface area contributed by atoms with Crippen LogP contribution in [0.25, 0.3) is 0 Å². The molecule has 0 saturated carbocycles. The van der Waals surface area contributed by atoms with Crippen LogP contribution in [-0.2, 0) is 19.6 Å². The zero-order valence-electron chi connectivity index (χ0n) is 14.1. The molecule has 4 rings (SSSR count). The van der Waals surface area contributed by atoms with Gasteiger partial charge >= 0.3 is 6.01 Å². The molecule has 0 radical (unpaired) electrons. The van der Waals surface area contributed by atoms with E-state index in [1.165, 1.54) is 16.4 Å². The molecular weight excluding hydrogens is 416 g/mol. The Morgan fingerprint density at radius 2 is 2.15 bits per heavy atom. The third-order valence-electron chi connectivity index (χ3n) is 4.49. The van der Waals surface area contributed by atoms with Crippen molar-refractivity contribution in [1.29, 1.82) is 0 Å². The van der Waals surface area contributed by atoms with Gasteiger partial charge in [-0.2, -0.15) is 4.31 Å². The first-order chi connectivity index (χ1) is 12.9. The van der Waals surface area contributed by atoms with E-state index in [0.717, 1.165) is 24.2 Å². The Bertz CT molecular complexity index is 938. The fourth-order valence-corrected chi connectivity index (χ4v) is 6.49. The lowest BCUT2D eigenvalue weighted by Crippen LogP contribution is -2.42. The summed E-state index contributed by atoms with van der Waals surface area (Å²) in [5, 5.41) is 10.2. The molecule has 146 valence electrons. The Morgan fingerprint density at radius 3 is 2.85 bits per heavy atom. The van der Waals surface area contributed by atoms with Crippen LogP contribution in [0.15, 0.2) is 20.8 Å². The highest BCUT2D eigenvalue weighted by Crippen LogP contribution is 2.33. The number of ether oxygens (including phenoxy) is 1. The van der Waals surface area contributed by atoms with Crippen LogP contribution in [0.2, 0.25) is 4.34 Å². The van der Waals surface area contributed by atoms with Crippen LogP contribution in [0.5, 0.6) is 0 Å². The molecule has 0 spiro atoms. The number of aromatic nitrogens is 2. The minimum Gasteiger partial charge on any atom is -0.405 e. The van der Waals surface area contributed by atoms with Gasteiger partial charge in [-0.15, -0.1) is 16.4 Å². The lowest BCUT2D eigenvalue weighted by molar-refractivity contribution is -0.119. The van der Waals surface area contributed by atoms with Gasteiger partial charge < -0.3 is 9.15 Å². The minimum absolute atomic E-state index is 0.0612. The molecule has 2 aromatic rings.